The number of hydrogen-bond acceptors (Lipinski definition) is 2. The fourth-order valence-electron chi connectivity index (χ4n) is 1.54. The van der Waals surface area contributed by atoms with E-state index in [-0.39, 0.29) is 6.61 Å². The molecule has 2 N–H and O–H groups in total. The molecule has 0 amide bonds. The second-order valence-corrected chi connectivity index (χ2v) is 4.44. The predicted octanol–water partition coefficient (Wildman–Crippen LogP) is 2.36. The van der Waals surface area contributed by atoms with E-state index in [1.807, 2.05) is 12.1 Å². The SMILES string of the molecule is CCC(C)CNCCc1ccc(CO)cc1. The molecule has 2 nitrogen and oxygen atoms in total. The first kappa shape index (κ1) is 13.2. The van der Waals surface area contributed by atoms with Gasteiger partial charge in [0, 0.05) is 0 Å². The second kappa shape index (κ2) is 7.42. The van der Waals surface area contributed by atoms with Crippen molar-refractivity contribution in [1.82, 2.24) is 5.32 Å². The fourth-order valence-corrected chi connectivity index (χ4v) is 1.54. The van der Waals surface area contributed by atoms with Crippen molar-refractivity contribution in [3.8, 4) is 0 Å². The van der Waals surface area contributed by atoms with Crippen LogP contribution in [0.25, 0.3) is 0 Å². The highest BCUT2D eigenvalue weighted by molar-refractivity contribution is 5.22. The van der Waals surface area contributed by atoms with Gasteiger partial charge in [0.05, 0.1) is 6.61 Å². The monoisotopic (exact) mass is 221 g/mol. The summed E-state index contributed by atoms with van der Waals surface area (Å²) in [5, 5.41) is 12.4. The van der Waals surface area contributed by atoms with Gasteiger partial charge in [0.2, 0.25) is 0 Å². The molecule has 2 heteroatoms. The Morgan fingerprint density at radius 1 is 1.19 bits per heavy atom. The Bertz CT molecular complexity index is 281. The lowest BCUT2D eigenvalue weighted by Crippen LogP contribution is -2.23. The summed E-state index contributed by atoms with van der Waals surface area (Å²) >= 11 is 0. The third-order valence-corrected chi connectivity index (χ3v) is 2.99. The van der Waals surface area contributed by atoms with Gasteiger partial charge in [-0.1, -0.05) is 44.5 Å². The summed E-state index contributed by atoms with van der Waals surface area (Å²) in [6.07, 6.45) is 2.29. The molecule has 1 atom stereocenters. The van der Waals surface area contributed by atoms with Gasteiger partial charge in [-0.3, -0.25) is 0 Å². The standard InChI is InChI=1S/C14H23NO/c1-3-12(2)10-15-9-8-13-4-6-14(11-16)7-5-13/h4-7,12,15-16H,3,8-11H2,1-2H3. The Morgan fingerprint density at radius 2 is 1.81 bits per heavy atom. The molecule has 0 aliphatic carbocycles. The van der Waals surface area contributed by atoms with E-state index in [1.54, 1.807) is 0 Å². The topological polar surface area (TPSA) is 32.3 Å². The van der Waals surface area contributed by atoms with E-state index in [0.29, 0.717) is 0 Å². The minimum Gasteiger partial charge on any atom is -0.392 e. The molecule has 0 bridgehead atoms. The molecule has 1 aromatic rings. The van der Waals surface area contributed by atoms with Crippen LogP contribution in [0.3, 0.4) is 0 Å². The zero-order chi connectivity index (χ0) is 11.8. The third kappa shape index (κ3) is 4.77. The predicted molar refractivity (Wildman–Crippen MR) is 68.4 cm³/mol. The first-order chi connectivity index (χ1) is 7.76. The molecule has 0 saturated carbocycles. The molecule has 0 aliphatic rings. The molecule has 0 aromatic heterocycles. The van der Waals surface area contributed by atoms with Gasteiger partial charge in [-0.05, 0) is 36.6 Å². The zero-order valence-electron chi connectivity index (χ0n) is 10.4. The van der Waals surface area contributed by atoms with Gasteiger partial charge >= 0.3 is 0 Å². The molecular weight excluding hydrogens is 198 g/mol. The van der Waals surface area contributed by atoms with Gasteiger partial charge in [-0.2, -0.15) is 0 Å². The molecule has 0 radical (unpaired) electrons. The van der Waals surface area contributed by atoms with Crippen molar-refractivity contribution < 1.29 is 5.11 Å². The van der Waals surface area contributed by atoms with Gasteiger partial charge in [0.1, 0.15) is 0 Å². The van der Waals surface area contributed by atoms with Gasteiger partial charge in [-0.15, -0.1) is 0 Å². The number of aliphatic hydroxyl groups is 1. The van der Waals surface area contributed by atoms with Crippen molar-refractivity contribution in [2.75, 3.05) is 13.1 Å². The summed E-state index contributed by atoms with van der Waals surface area (Å²) in [5.74, 6) is 0.761. The second-order valence-electron chi connectivity index (χ2n) is 4.44. The van der Waals surface area contributed by atoms with Crippen molar-refractivity contribution in [1.29, 1.82) is 0 Å². The van der Waals surface area contributed by atoms with Crippen LogP contribution >= 0.6 is 0 Å². The molecule has 0 spiro atoms. The maximum atomic E-state index is 8.92. The van der Waals surface area contributed by atoms with Crippen LogP contribution in [0.4, 0.5) is 0 Å². The molecule has 0 saturated heterocycles. The smallest absolute Gasteiger partial charge is 0.0681 e. The quantitative estimate of drug-likeness (QED) is 0.693. The maximum absolute atomic E-state index is 8.92. The lowest BCUT2D eigenvalue weighted by Gasteiger charge is -2.10. The molecule has 16 heavy (non-hydrogen) atoms. The highest BCUT2D eigenvalue weighted by atomic mass is 16.3. The van der Waals surface area contributed by atoms with E-state index < -0.39 is 0 Å². The number of nitrogens with one attached hydrogen (secondary N) is 1. The molecular formula is C14H23NO. The number of hydrogen-bond donors (Lipinski definition) is 2. The lowest BCUT2D eigenvalue weighted by molar-refractivity contribution is 0.282. The number of benzene rings is 1. The third-order valence-electron chi connectivity index (χ3n) is 2.99. The molecule has 0 fully saturated rings. The van der Waals surface area contributed by atoms with E-state index >= 15 is 0 Å². The van der Waals surface area contributed by atoms with Crippen LogP contribution in [0.5, 0.6) is 0 Å². The van der Waals surface area contributed by atoms with Gasteiger partial charge in [-0.25, -0.2) is 0 Å². The number of rotatable bonds is 7. The van der Waals surface area contributed by atoms with Crippen LogP contribution in [0.1, 0.15) is 31.4 Å². The molecule has 0 heterocycles. The molecule has 1 aromatic carbocycles. The average Bonchev–Trinajstić information content (AvgIpc) is 2.35. The van der Waals surface area contributed by atoms with Crippen LogP contribution in [-0.4, -0.2) is 18.2 Å². The molecule has 1 rings (SSSR count). The summed E-state index contributed by atoms with van der Waals surface area (Å²) in [7, 11) is 0. The first-order valence-electron chi connectivity index (χ1n) is 6.15. The van der Waals surface area contributed by atoms with Gasteiger partial charge in [0.15, 0.2) is 0 Å². The largest absolute Gasteiger partial charge is 0.392 e. The minimum atomic E-state index is 0.131. The van der Waals surface area contributed by atoms with Crippen molar-refractivity contribution in [2.45, 2.75) is 33.3 Å². The van der Waals surface area contributed by atoms with Crippen molar-refractivity contribution in [3.05, 3.63) is 35.4 Å². The Labute approximate surface area is 98.7 Å². The summed E-state index contributed by atoms with van der Waals surface area (Å²) in [4.78, 5) is 0. The Morgan fingerprint density at radius 3 is 2.38 bits per heavy atom. The van der Waals surface area contributed by atoms with E-state index in [4.69, 9.17) is 5.11 Å². The van der Waals surface area contributed by atoms with Crippen LogP contribution in [0.15, 0.2) is 24.3 Å². The zero-order valence-corrected chi connectivity index (χ0v) is 10.4. The minimum absolute atomic E-state index is 0.131. The van der Waals surface area contributed by atoms with Crippen LogP contribution < -0.4 is 5.32 Å². The van der Waals surface area contributed by atoms with E-state index in [9.17, 15) is 0 Å². The molecule has 90 valence electrons. The normalized spacial score (nSPS) is 12.7. The lowest BCUT2D eigenvalue weighted by atomic mass is 10.1. The van der Waals surface area contributed by atoms with Crippen LogP contribution in [-0.2, 0) is 13.0 Å². The number of aliphatic hydroxyl groups excluding tert-OH is 1. The summed E-state index contributed by atoms with van der Waals surface area (Å²) in [5.41, 5.74) is 2.31. The fraction of sp³-hybridized carbons (Fsp3) is 0.571. The van der Waals surface area contributed by atoms with Gasteiger partial charge in [0.25, 0.3) is 0 Å². The van der Waals surface area contributed by atoms with Crippen molar-refractivity contribution in [3.63, 3.8) is 0 Å². The highest BCUT2D eigenvalue weighted by Crippen LogP contribution is 2.04. The Hall–Kier alpha value is -0.860. The van der Waals surface area contributed by atoms with Crippen LogP contribution in [0.2, 0.25) is 0 Å². The van der Waals surface area contributed by atoms with Crippen molar-refractivity contribution >= 4 is 0 Å². The Balaban J connectivity index is 2.21. The maximum Gasteiger partial charge on any atom is 0.0681 e. The summed E-state index contributed by atoms with van der Waals surface area (Å²) in [6, 6.07) is 8.17. The van der Waals surface area contributed by atoms with Gasteiger partial charge < -0.3 is 10.4 Å². The molecule has 0 aliphatic heterocycles. The first-order valence-corrected chi connectivity index (χ1v) is 6.15. The average molecular weight is 221 g/mol. The Kier molecular flexibility index (Phi) is 6.12. The van der Waals surface area contributed by atoms with Crippen LogP contribution in [0, 0.1) is 5.92 Å². The van der Waals surface area contributed by atoms with Crippen molar-refractivity contribution in [2.24, 2.45) is 5.92 Å². The summed E-state index contributed by atoms with van der Waals surface area (Å²) < 4.78 is 0. The molecule has 1 unspecified atom stereocenters. The van der Waals surface area contributed by atoms with E-state index in [1.165, 1.54) is 12.0 Å². The highest BCUT2D eigenvalue weighted by Gasteiger charge is 1.98. The van der Waals surface area contributed by atoms with E-state index in [2.05, 4.69) is 31.3 Å². The van der Waals surface area contributed by atoms with E-state index in [0.717, 1.165) is 31.0 Å². The summed E-state index contributed by atoms with van der Waals surface area (Å²) in [6.45, 7) is 6.75.